The molecule has 0 saturated carbocycles. The molecule has 0 amide bonds. The summed E-state index contributed by atoms with van der Waals surface area (Å²) in [4.78, 5) is 1.18. The fourth-order valence-electron chi connectivity index (χ4n) is 1.68. The van der Waals surface area contributed by atoms with Gasteiger partial charge in [-0.3, -0.25) is 0 Å². The molecule has 1 unspecified atom stereocenters. The lowest BCUT2D eigenvalue weighted by atomic mass is 10.1. The second kappa shape index (κ2) is 5.42. The van der Waals surface area contributed by atoms with E-state index in [2.05, 4.69) is 28.9 Å². The quantitative estimate of drug-likeness (QED) is 0.702. The molecule has 90 valence electrons. The molecule has 0 radical (unpaired) electrons. The number of methoxy groups -OCH3 is 1. The van der Waals surface area contributed by atoms with Gasteiger partial charge in [0.05, 0.1) is 17.0 Å². The molecule has 0 aliphatic heterocycles. The second-order valence-corrected chi connectivity index (χ2v) is 6.01. The Morgan fingerprint density at radius 2 is 2.12 bits per heavy atom. The van der Waals surface area contributed by atoms with E-state index in [-0.39, 0.29) is 4.83 Å². The van der Waals surface area contributed by atoms with Crippen LogP contribution in [0.2, 0.25) is 5.02 Å². The molecule has 1 nitrogen and oxygen atoms in total. The number of halogens is 2. The van der Waals surface area contributed by atoms with Gasteiger partial charge in [0.2, 0.25) is 0 Å². The van der Waals surface area contributed by atoms with Crippen molar-refractivity contribution >= 4 is 38.9 Å². The highest BCUT2D eigenvalue weighted by atomic mass is 79.9. The van der Waals surface area contributed by atoms with Crippen LogP contribution in [0.5, 0.6) is 5.75 Å². The molecule has 1 atom stereocenters. The SMILES string of the molecule is COc1ccc(C)cc1C(Br)c1sccc1Cl. The minimum atomic E-state index is 0.0739. The van der Waals surface area contributed by atoms with Crippen LogP contribution in [-0.2, 0) is 0 Å². The summed E-state index contributed by atoms with van der Waals surface area (Å²) >= 11 is 11.5. The number of alkyl halides is 1. The van der Waals surface area contributed by atoms with Gasteiger partial charge in [0.1, 0.15) is 5.75 Å². The van der Waals surface area contributed by atoms with Crippen LogP contribution in [0.25, 0.3) is 0 Å². The Labute approximate surface area is 119 Å². The van der Waals surface area contributed by atoms with Gasteiger partial charge >= 0.3 is 0 Å². The number of aryl methyl sites for hydroxylation is 1. The van der Waals surface area contributed by atoms with Crippen molar-refractivity contribution in [3.63, 3.8) is 0 Å². The van der Waals surface area contributed by atoms with Crippen molar-refractivity contribution in [3.05, 3.63) is 50.7 Å². The molecular weight excluding hydrogens is 320 g/mol. The number of thiophene rings is 1. The van der Waals surface area contributed by atoms with Gasteiger partial charge in [-0.2, -0.15) is 0 Å². The Bertz CT molecular complexity index is 524. The summed E-state index contributed by atoms with van der Waals surface area (Å²) in [6, 6.07) is 8.06. The van der Waals surface area contributed by atoms with E-state index in [0.717, 1.165) is 21.2 Å². The highest BCUT2D eigenvalue weighted by Crippen LogP contribution is 2.42. The summed E-state index contributed by atoms with van der Waals surface area (Å²) in [6.07, 6.45) is 0. The Hall–Kier alpha value is -0.510. The molecule has 0 saturated heterocycles. The minimum absolute atomic E-state index is 0.0739. The first kappa shape index (κ1) is 12.9. The van der Waals surface area contributed by atoms with Gasteiger partial charge in [-0.05, 0) is 24.4 Å². The van der Waals surface area contributed by atoms with E-state index in [9.17, 15) is 0 Å². The minimum Gasteiger partial charge on any atom is -0.496 e. The molecule has 0 N–H and O–H groups in total. The standard InChI is InChI=1S/C13H12BrClOS/c1-8-3-4-11(16-2)9(7-8)12(14)13-10(15)5-6-17-13/h3-7,12H,1-2H3. The normalized spacial score (nSPS) is 12.5. The molecule has 0 bridgehead atoms. The molecule has 0 spiro atoms. The van der Waals surface area contributed by atoms with Crippen molar-refractivity contribution in [1.82, 2.24) is 0 Å². The smallest absolute Gasteiger partial charge is 0.123 e. The lowest BCUT2D eigenvalue weighted by Gasteiger charge is -2.14. The summed E-state index contributed by atoms with van der Waals surface area (Å²) in [7, 11) is 1.68. The Kier molecular flexibility index (Phi) is 4.13. The maximum absolute atomic E-state index is 6.16. The van der Waals surface area contributed by atoms with Gasteiger partial charge in [0.25, 0.3) is 0 Å². The number of ether oxygens (including phenoxy) is 1. The first-order valence-corrected chi connectivity index (χ1v) is 7.32. The Morgan fingerprint density at radius 3 is 2.71 bits per heavy atom. The zero-order valence-electron chi connectivity index (χ0n) is 9.54. The van der Waals surface area contributed by atoms with E-state index in [1.165, 1.54) is 5.56 Å². The van der Waals surface area contributed by atoms with Crippen molar-refractivity contribution in [1.29, 1.82) is 0 Å². The zero-order valence-corrected chi connectivity index (χ0v) is 12.7. The third-order valence-electron chi connectivity index (χ3n) is 2.53. The summed E-state index contributed by atoms with van der Waals surface area (Å²) in [5, 5.41) is 2.79. The summed E-state index contributed by atoms with van der Waals surface area (Å²) in [5.41, 5.74) is 2.31. The highest BCUT2D eigenvalue weighted by molar-refractivity contribution is 9.09. The molecule has 2 rings (SSSR count). The van der Waals surface area contributed by atoms with Crippen molar-refractivity contribution in [2.45, 2.75) is 11.8 Å². The maximum atomic E-state index is 6.16. The van der Waals surface area contributed by atoms with E-state index in [0.29, 0.717) is 0 Å². The summed E-state index contributed by atoms with van der Waals surface area (Å²) in [6.45, 7) is 2.07. The van der Waals surface area contributed by atoms with Gasteiger partial charge < -0.3 is 4.74 Å². The molecule has 1 aromatic heterocycles. The maximum Gasteiger partial charge on any atom is 0.123 e. The van der Waals surface area contributed by atoms with Crippen molar-refractivity contribution in [2.24, 2.45) is 0 Å². The Morgan fingerprint density at radius 1 is 1.35 bits per heavy atom. The summed E-state index contributed by atoms with van der Waals surface area (Å²) < 4.78 is 5.39. The van der Waals surface area contributed by atoms with Gasteiger partial charge in [-0.15, -0.1) is 11.3 Å². The van der Waals surface area contributed by atoms with E-state index < -0.39 is 0 Å². The molecule has 0 fully saturated rings. The van der Waals surface area contributed by atoms with Gasteiger partial charge in [-0.1, -0.05) is 45.2 Å². The Balaban J connectivity index is 2.46. The van der Waals surface area contributed by atoms with E-state index in [4.69, 9.17) is 16.3 Å². The fourth-order valence-corrected chi connectivity index (χ4v) is 3.90. The average molecular weight is 332 g/mol. The van der Waals surface area contributed by atoms with Crippen LogP contribution < -0.4 is 4.74 Å². The topological polar surface area (TPSA) is 9.23 Å². The molecule has 4 heteroatoms. The predicted molar refractivity (Wildman–Crippen MR) is 77.8 cm³/mol. The largest absolute Gasteiger partial charge is 0.496 e. The molecule has 0 aliphatic rings. The van der Waals surface area contributed by atoms with Crippen molar-refractivity contribution < 1.29 is 4.74 Å². The average Bonchev–Trinajstić information content (AvgIpc) is 2.74. The second-order valence-electron chi connectivity index (χ2n) is 3.74. The van der Waals surface area contributed by atoms with Crippen LogP contribution in [-0.4, -0.2) is 7.11 Å². The van der Waals surface area contributed by atoms with Gasteiger partial charge in [0.15, 0.2) is 0 Å². The fraction of sp³-hybridized carbons (Fsp3) is 0.231. The highest BCUT2D eigenvalue weighted by Gasteiger charge is 2.19. The first-order valence-electron chi connectivity index (χ1n) is 5.15. The van der Waals surface area contributed by atoms with Crippen molar-refractivity contribution in [3.8, 4) is 5.75 Å². The van der Waals surface area contributed by atoms with Crippen LogP contribution in [0.4, 0.5) is 0 Å². The lowest BCUT2D eigenvalue weighted by molar-refractivity contribution is 0.410. The molecule has 1 heterocycles. The van der Waals surface area contributed by atoms with Crippen LogP contribution in [0.3, 0.4) is 0 Å². The van der Waals surface area contributed by atoms with Crippen LogP contribution >= 0.6 is 38.9 Å². The molecule has 0 aliphatic carbocycles. The van der Waals surface area contributed by atoms with Gasteiger partial charge in [-0.25, -0.2) is 0 Å². The number of benzene rings is 1. The van der Waals surface area contributed by atoms with E-state index in [1.807, 2.05) is 23.6 Å². The molecule has 1 aromatic carbocycles. The van der Waals surface area contributed by atoms with Crippen LogP contribution in [0.1, 0.15) is 20.8 Å². The monoisotopic (exact) mass is 330 g/mol. The lowest BCUT2D eigenvalue weighted by Crippen LogP contribution is -1.96. The van der Waals surface area contributed by atoms with E-state index in [1.54, 1.807) is 18.4 Å². The number of rotatable bonds is 3. The van der Waals surface area contributed by atoms with Crippen molar-refractivity contribution in [2.75, 3.05) is 7.11 Å². The first-order chi connectivity index (χ1) is 8.13. The molecule has 2 aromatic rings. The third kappa shape index (κ3) is 2.67. The third-order valence-corrected chi connectivity index (χ3v) is 5.21. The summed E-state index contributed by atoms with van der Waals surface area (Å²) in [5.74, 6) is 0.877. The predicted octanol–water partition coefficient (Wildman–Crippen LogP) is 5.20. The number of hydrogen-bond donors (Lipinski definition) is 0. The van der Waals surface area contributed by atoms with Gasteiger partial charge in [0, 0.05) is 10.4 Å². The van der Waals surface area contributed by atoms with E-state index >= 15 is 0 Å². The number of hydrogen-bond acceptors (Lipinski definition) is 2. The van der Waals surface area contributed by atoms with Crippen LogP contribution in [0, 0.1) is 6.92 Å². The molecular formula is C13H12BrClOS. The van der Waals surface area contributed by atoms with Crippen LogP contribution in [0.15, 0.2) is 29.6 Å². The molecule has 17 heavy (non-hydrogen) atoms. The zero-order chi connectivity index (χ0) is 12.4.